The molecule has 0 radical (unpaired) electrons. The SMILES string of the molecule is CC[C@H](C)C(=O)Nc1ccc(N2CCCCC2)c2ccncc12. The average Bonchev–Trinajstić information content (AvgIpc) is 2.62. The summed E-state index contributed by atoms with van der Waals surface area (Å²) in [7, 11) is 0. The van der Waals surface area contributed by atoms with Crippen molar-refractivity contribution >= 4 is 28.1 Å². The Kier molecular flexibility index (Phi) is 4.79. The van der Waals surface area contributed by atoms with Crippen molar-refractivity contribution in [2.75, 3.05) is 23.3 Å². The van der Waals surface area contributed by atoms with Crippen LogP contribution in [0.5, 0.6) is 0 Å². The predicted molar refractivity (Wildman–Crippen MR) is 95.9 cm³/mol. The van der Waals surface area contributed by atoms with Crippen molar-refractivity contribution in [2.45, 2.75) is 39.5 Å². The molecule has 1 fully saturated rings. The first kappa shape index (κ1) is 15.8. The van der Waals surface area contributed by atoms with Crippen LogP contribution in [0.4, 0.5) is 11.4 Å². The van der Waals surface area contributed by atoms with Crippen molar-refractivity contribution in [3.8, 4) is 0 Å². The molecule has 122 valence electrons. The second-order valence-electron chi connectivity index (χ2n) is 6.40. The summed E-state index contributed by atoms with van der Waals surface area (Å²) in [6.45, 7) is 6.20. The lowest BCUT2D eigenvalue weighted by atomic mass is 10.0. The molecule has 2 aromatic rings. The monoisotopic (exact) mass is 311 g/mol. The van der Waals surface area contributed by atoms with Gasteiger partial charge < -0.3 is 10.2 Å². The highest BCUT2D eigenvalue weighted by molar-refractivity contribution is 6.06. The highest BCUT2D eigenvalue weighted by Gasteiger charge is 2.17. The van der Waals surface area contributed by atoms with Gasteiger partial charge in [0.1, 0.15) is 0 Å². The van der Waals surface area contributed by atoms with Crippen LogP contribution in [0.2, 0.25) is 0 Å². The largest absolute Gasteiger partial charge is 0.371 e. The number of anilines is 2. The van der Waals surface area contributed by atoms with E-state index in [2.05, 4.69) is 27.3 Å². The van der Waals surface area contributed by atoms with Crippen LogP contribution in [0.3, 0.4) is 0 Å². The number of benzene rings is 1. The van der Waals surface area contributed by atoms with Gasteiger partial charge in [-0.3, -0.25) is 9.78 Å². The number of hydrogen-bond donors (Lipinski definition) is 1. The van der Waals surface area contributed by atoms with E-state index >= 15 is 0 Å². The number of nitrogens with zero attached hydrogens (tertiary/aromatic N) is 2. The van der Waals surface area contributed by atoms with Gasteiger partial charge in [-0.25, -0.2) is 0 Å². The number of aromatic nitrogens is 1. The lowest BCUT2D eigenvalue weighted by Gasteiger charge is -2.30. The molecule has 1 aliphatic rings. The van der Waals surface area contributed by atoms with E-state index in [0.29, 0.717) is 0 Å². The molecule has 0 bridgehead atoms. The second-order valence-corrected chi connectivity index (χ2v) is 6.40. The molecule has 1 aromatic carbocycles. The Balaban J connectivity index is 1.97. The van der Waals surface area contributed by atoms with E-state index in [1.165, 1.54) is 30.3 Å². The fraction of sp³-hybridized carbons (Fsp3) is 0.474. The number of nitrogens with one attached hydrogen (secondary N) is 1. The molecule has 2 heterocycles. The summed E-state index contributed by atoms with van der Waals surface area (Å²) in [5, 5.41) is 5.26. The normalized spacial score (nSPS) is 16.3. The van der Waals surface area contributed by atoms with Crippen LogP contribution in [0, 0.1) is 5.92 Å². The summed E-state index contributed by atoms with van der Waals surface area (Å²) in [5.74, 6) is 0.0897. The lowest BCUT2D eigenvalue weighted by molar-refractivity contribution is -0.119. The molecule has 0 unspecified atom stereocenters. The Labute approximate surface area is 137 Å². The van der Waals surface area contributed by atoms with E-state index in [9.17, 15) is 4.79 Å². The number of piperidine rings is 1. The topological polar surface area (TPSA) is 45.2 Å². The molecule has 23 heavy (non-hydrogen) atoms. The minimum absolute atomic E-state index is 0.0171. The molecule has 0 spiro atoms. The number of amides is 1. The third-order valence-corrected chi connectivity index (χ3v) is 4.81. The Bertz CT molecular complexity index is 692. The van der Waals surface area contributed by atoms with Gasteiger partial charge in [-0.2, -0.15) is 0 Å². The highest BCUT2D eigenvalue weighted by Crippen LogP contribution is 2.33. The molecule has 1 aliphatic heterocycles. The van der Waals surface area contributed by atoms with Crippen molar-refractivity contribution in [3.05, 3.63) is 30.6 Å². The molecule has 1 aromatic heterocycles. The van der Waals surface area contributed by atoms with Crippen molar-refractivity contribution in [3.63, 3.8) is 0 Å². The molecule has 0 saturated carbocycles. The van der Waals surface area contributed by atoms with Gasteiger partial charge in [0.2, 0.25) is 5.91 Å². The van der Waals surface area contributed by atoms with Crippen LogP contribution in [-0.2, 0) is 4.79 Å². The van der Waals surface area contributed by atoms with E-state index < -0.39 is 0 Å². The van der Waals surface area contributed by atoms with Gasteiger partial charge in [-0.15, -0.1) is 0 Å². The molecular weight excluding hydrogens is 286 g/mol. The Morgan fingerprint density at radius 3 is 2.74 bits per heavy atom. The molecule has 4 nitrogen and oxygen atoms in total. The third-order valence-electron chi connectivity index (χ3n) is 4.81. The smallest absolute Gasteiger partial charge is 0.227 e. The van der Waals surface area contributed by atoms with E-state index in [1.54, 1.807) is 0 Å². The van der Waals surface area contributed by atoms with E-state index in [-0.39, 0.29) is 11.8 Å². The minimum atomic E-state index is 0.0171. The van der Waals surface area contributed by atoms with E-state index in [1.807, 2.05) is 32.3 Å². The maximum Gasteiger partial charge on any atom is 0.227 e. The van der Waals surface area contributed by atoms with Crippen molar-refractivity contribution in [2.24, 2.45) is 5.92 Å². The van der Waals surface area contributed by atoms with Gasteiger partial charge >= 0.3 is 0 Å². The van der Waals surface area contributed by atoms with Gasteiger partial charge in [0.25, 0.3) is 0 Å². The van der Waals surface area contributed by atoms with Crippen LogP contribution >= 0.6 is 0 Å². The highest BCUT2D eigenvalue weighted by atomic mass is 16.1. The van der Waals surface area contributed by atoms with Gasteiger partial charge in [-0.1, -0.05) is 13.8 Å². The molecule has 0 aliphatic carbocycles. The van der Waals surface area contributed by atoms with Crippen molar-refractivity contribution in [1.29, 1.82) is 0 Å². The average molecular weight is 311 g/mol. The maximum atomic E-state index is 12.2. The summed E-state index contributed by atoms with van der Waals surface area (Å²) >= 11 is 0. The Morgan fingerprint density at radius 1 is 1.22 bits per heavy atom. The molecular formula is C19H25N3O. The number of hydrogen-bond acceptors (Lipinski definition) is 3. The van der Waals surface area contributed by atoms with Gasteiger partial charge in [0.05, 0.1) is 5.69 Å². The van der Waals surface area contributed by atoms with Crippen molar-refractivity contribution < 1.29 is 4.79 Å². The molecule has 4 heteroatoms. The first-order valence-corrected chi connectivity index (χ1v) is 8.63. The second kappa shape index (κ2) is 6.99. The fourth-order valence-electron chi connectivity index (χ4n) is 3.14. The summed E-state index contributed by atoms with van der Waals surface area (Å²) in [5.41, 5.74) is 2.11. The summed E-state index contributed by atoms with van der Waals surface area (Å²) < 4.78 is 0. The van der Waals surface area contributed by atoms with Crippen LogP contribution in [0.25, 0.3) is 10.8 Å². The zero-order chi connectivity index (χ0) is 16.2. The first-order valence-electron chi connectivity index (χ1n) is 8.63. The molecule has 1 saturated heterocycles. The summed E-state index contributed by atoms with van der Waals surface area (Å²) in [6, 6.07) is 6.21. The zero-order valence-corrected chi connectivity index (χ0v) is 14.0. The number of carbonyl (C=O) groups is 1. The van der Waals surface area contributed by atoms with Gasteiger partial charge in [0, 0.05) is 47.9 Å². The number of rotatable bonds is 4. The number of pyridine rings is 1. The van der Waals surface area contributed by atoms with Gasteiger partial charge in [0.15, 0.2) is 0 Å². The van der Waals surface area contributed by atoms with Gasteiger partial charge in [-0.05, 0) is 43.9 Å². The summed E-state index contributed by atoms with van der Waals surface area (Å²) in [4.78, 5) is 18.9. The third kappa shape index (κ3) is 3.31. The molecule has 1 N–H and O–H groups in total. The molecule has 3 rings (SSSR count). The van der Waals surface area contributed by atoms with Crippen molar-refractivity contribution in [1.82, 2.24) is 4.98 Å². The van der Waals surface area contributed by atoms with E-state index in [0.717, 1.165) is 30.6 Å². The summed E-state index contributed by atoms with van der Waals surface area (Å²) in [6.07, 6.45) is 8.34. The number of fused-ring (bicyclic) bond motifs is 1. The Hall–Kier alpha value is -2.10. The van der Waals surface area contributed by atoms with Crippen LogP contribution < -0.4 is 10.2 Å². The molecule has 1 atom stereocenters. The fourth-order valence-corrected chi connectivity index (χ4v) is 3.14. The quantitative estimate of drug-likeness (QED) is 0.920. The lowest BCUT2D eigenvalue weighted by Crippen LogP contribution is -2.29. The van der Waals surface area contributed by atoms with E-state index in [4.69, 9.17) is 0 Å². The van der Waals surface area contributed by atoms with Crippen LogP contribution in [0.15, 0.2) is 30.6 Å². The molecule has 1 amide bonds. The van der Waals surface area contributed by atoms with Crippen LogP contribution in [0.1, 0.15) is 39.5 Å². The maximum absolute atomic E-state index is 12.2. The minimum Gasteiger partial charge on any atom is -0.371 e. The van der Waals surface area contributed by atoms with Crippen LogP contribution in [-0.4, -0.2) is 24.0 Å². The first-order chi connectivity index (χ1) is 11.2. The zero-order valence-electron chi connectivity index (χ0n) is 14.0. The Morgan fingerprint density at radius 2 is 2.00 bits per heavy atom. The number of carbonyl (C=O) groups excluding carboxylic acids is 1. The predicted octanol–water partition coefficient (Wildman–Crippen LogP) is 4.21. The standard InChI is InChI=1S/C19H25N3O/c1-3-14(2)19(23)21-17-7-8-18(22-11-5-4-6-12-22)15-9-10-20-13-16(15)17/h7-10,13-14H,3-6,11-12H2,1-2H3,(H,21,23)/t14-/m0/s1.